The molecule has 2 nitrogen and oxygen atoms in total. The van der Waals surface area contributed by atoms with E-state index in [1.807, 2.05) is 36.4 Å². The maximum absolute atomic E-state index is 13.8. The average Bonchev–Trinajstić information content (AvgIpc) is 2.59. The van der Waals surface area contributed by atoms with E-state index in [2.05, 4.69) is 0 Å². The summed E-state index contributed by atoms with van der Waals surface area (Å²) in [6.07, 6.45) is 0. The van der Waals surface area contributed by atoms with E-state index in [1.54, 1.807) is 24.3 Å². The standard InChI is InChI=1S/C20H14FO2S/c1-13(22)14-9-10-20-18(11-14)23-17-7-2-3-8-19(17)24(20)16-6-4-5-15(21)12-16/h2-12H,1H3/q+1. The highest BCUT2D eigenvalue weighted by molar-refractivity contribution is 7.97. The first kappa shape index (κ1) is 15.0. The van der Waals surface area contributed by atoms with Gasteiger partial charge >= 0.3 is 0 Å². The zero-order valence-corrected chi connectivity index (χ0v) is 13.8. The van der Waals surface area contributed by atoms with E-state index in [1.165, 1.54) is 13.0 Å². The molecule has 0 saturated heterocycles. The Bertz CT molecular complexity index is 952. The van der Waals surface area contributed by atoms with E-state index in [0.29, 0.717) is 11.3 Å². The second-order valence-corrected chi connectivity index (χ2v) is 7.49. The molecule has 118 valence electrons. The topological polar surface area (TPSA) is 26.3 Å². The molecule has 4 rings (SSSR count). The van der Waals surface area contributed by atoms with Crippen LogP contribution in [0, 0.1) is 5.82 Å². The van der Waals surface area contributed by atoms with Gasteiger partial charge in [0.1, 0.15) is 16.7 Å². The molecule has 0 fully saturated rings. The molecule has 1 unspecified atom stereocenters. The lowest BCUT2D eigenvalue weighted by atomic mass is 10.1. The lowest BCUT2D eigenvalue weighted by Gasteiger charge is -2.20. The third-order valence-corrected chi connectivity index (χ3v) is 6.17. The molecule has 0 saturated carbocycles. The van der Waals surface area contributed by atoms with E-state index in [-0.39, 0.29) is 11.6 Å². The fourth-order valence-electron chi connectivity index (χ4n) is 2.76. The Balaban J connectivity index is 1.94. The summed E-state index contributed by atoms with van der Waals surface area (Å²) < 4.78 is 19.8. The van der Waals surface area contributed by atoms with E-state index in [0.717, 1.165) is 20.4 Å². The molecule has 0 aliphatic carbocycles. The largest absolute Gasteiger partial charge is 0.447 e. The predicted octanol–water partition coefficient (Wildman–Crippen LogP) is 5.23. The van der Waals surface area contributed by atoms with Crippen LogP contribution < -0.4 is 4.74 Å². The van der Waals surface area contributed by atoms with Crippen LogP contribution in [0.3, 0.4) is 0 Å². The smallest absolute Gasteiger partial charge is 0.209 e. The maximum Gasteiger partial charge on any atom is 0.209 e. The first-order chi connectivity index (χ1) is 11.6. The molecular formula is C20H14FO2S+. The van der Waals surface area contributed by atoms with Crippen molar-refractivity contribution < 1.29 is 13.9 Å². The lowest BCUT2D eigenvalue weighted by Crippen LogP contribution is -2.13. The molecule has 3 aromatic rings. The van der Waals surface area contributed by atoms with Gasteiger partial charge in [-0.25, -0.2) is 4.39 Å². The highest BCUT2D eigenvalue weighted by Gasteiger charge is 2.39. The van der Waals surface area contributed by atoms with Crippen molar-refractivity contribution >= 4 is 16.7 Å². The monoisotopic (exact) mass is 337 g/mol. The molecule has 4 heteroatoms. The first-order valence-corrected chi connectivity index (χ1v) is 8.78. The van der Waals surface area contributed by atoms with Crippen LogP contribution in [0.1, 0.15) is 17.3 Å². The van der Waals surface area contributed by atoms with Gasteiger partial charge in [0.2, 0.25) is 9.79 Å². The molecule has 3 aromatic carbocycles. The van der Waals surface area contributed by atoms with Crippen LogP contribution in [0.5, 0.6) is 11.5 Å². The number of halogens is 1. The normalized spacial score (nSPS) is 15.2. The molecule has 1 aliphatic rings. The molecule has 0 amide bonds. The van der Waals surface area contributed by atoms with Crippen molar-refractivity contribution in [2.75, 3.05) is 0 Å². The van der Waals surface area contributed by atoms with Gasteiger partial charge in [0.25, 0.3) is 0 Å². The van der Waals surface area contributed by atoms with Gasteiger partial charge in [0.15, 0.2) is 22.2 Å². The fourth-order valence-corrected chi connectivity index (χ4v) is 4.98. The highest BCUT2D eigenvalue weighted by atomic mass is 32.2. The fraction of sp³-hybridized carbons (Fsp3) is 0.0500. The Hall–Kier alpha value is -2.59. The van der Waals surface area contributed by atoms with E-state index in [9.17, 15) is 9.18 Å². The molecule has 1 atom stereocenters. The Morgan fingerprint density at radius 2 is 1.71 bits per heavy atom. The molecule has 1 aliphatic heterocycles. The summed E-state index contributed by atoms with van der Waals surface area (Å²) in [4.78, 5) is 14.5. The van der Waals surface area contributed by atoms with Crippen LogP contribution in [0.2, 0.25) is 0 Å². The zero-order valence-electron chi connectivity index (χ0n) is 13.0. The predicted molar refractivity (Wildman–Crippen MR) is 91.5 cm³/mol. The van der Waals surface area contributed by atoms with Gasteiger partial charge in [-0.15, -0.1) is 0 Å². The molecule has 24 heavy (non-hydrogen) atoms. The van der Waals surface area contributed by atoms with Gasteiger partial charge in [-0.2, -0.15) is 0 Å². The van der Waals surface area contributed by atoms with E-state index < -0.39 is 10.9 Å². The van der Waals surface area contributed by atoms with Crippen LogP contribution in [0.15, 0.2) is 81.4 Å². The van der Waals surface area contributed by atoms with Crippen molar-refractivity contribution in [1.82, 2.24) is 0 Å². The summed E-state index contributed by atoms with van der Waals surface area (Å²) in [5, 5.41) is 0. The number of ketones is 1. The zero-order chi connectivity index (χ0) is 16.7. The second kappa shape index (κ2) is 5.80. The third kappa shape index (κ3) is 2.49. The van der Waals surface area contributed by atoms with Gasteiger partial charge in [-0.3, -0.25) is 4.79 Å². The van der Waals surface area contributed by atoms with Crippen molar-refractivity contribution in [2.45, 2.75) is 21.6 Å². The van der Waals surface area contributed by atoms with Gasteiger partial charge in [0, 0.05) is 11.6 Å². The molecule has 0 N–H and O–H groups in total. The van der Waals surface area contributed by atoms with Crippen molar-refractivity contribution in [3.63, 3.8) is 0 Å². The number of hydrogen-bond donors (Lipinski definition) is 0. The maximum atomic E-state index is 13.8. The van der Waals surface area contributed by atoms with Crippen LogP contribution in [-0.2, 0) is 10.9 Å². The minimum atomic E-state index is -0.466. The van der Waals surface area contributed by atoms with Gasteiger partial charge in [0.05, 0.1) is 0 Å². The minimum absolute atomic E-state index is 0.00843. The van der Waals surface area contributed by atoms with E-state index in [4.69, 9.17) is 4.74 Å². The molecule has 1 heterocycles. The van der Waals surface area contributed by atoms with Crippen molar-refractivity contribution in [2.24, 2.45) is 0 Å². The lowest BCUT2D eigenvalue weighted by molar-refractivity contribution is 0.101. The summed E-state index contributed by atoms with van der Waals surface area (Å²) in [5.41, 5.74) is 0.607. The van der Waals surface area contributed by atoms with Crippen LogP contribution >= 0.6 is 0 Å². The number of Topliss-reactive ketones (excluding diaryl/α,β-unsaturated/α-hetero) is 1. The molecule has 0 bridgehead atoms. The van der Waals surface area contributed by atoms with Crippen LogP contribution in [-0.4, -0.2) is 5.78 Å². The number of para-hydroxylation sites is 1. The number of benzene rings is 3. The second-order valence-electron chi connectivity index (χ2n) is 5.53. The summed E-state index contributed by atoms with van der Waals surface area (Å²) in [7, 11) is -0.466. The first-order valence-electron chi connectivity index (χ1n) is 7.55. The number of fused-ring (bicyclic) bond motifs is 2. The van der Waals surface area contributed by atoms with Crippen molar-refractivity contribution in [3.8, 4) is 11.5 Å². The molecule has 0 aromatic heterocycles. The number of hydrogen-bond acceptors (Lipinski definition) is 2. The van der Waals surface area contributed by atoms with Gasteiger partial charge in [-0.05, 0) is 49.4 Å². The number of rotatable bonds is 2. The van der Waals surface area contributed by atoms with Crippen molar-refractivity contribution in [3.05, 3.63) is 78.1 Å². The number of carbonyl (C=O) groups is 1. The summed E-state index contributed by atoms with van der Waals surface area (Å²) in [5.74, 6) is 1.14. The third-order valence-electron chi connectivity index (χ3n) is 3.89. The summed E-state index contributed by atoms with van der Waals surface area (Å²) >= 11 is 0. The number of carbonyl (C=O) groups excluding carboxylic acids is 1. The van der Waals surface area contributed by atoms with Crippen LogP contribution in [0.4, 0.5) is 4.39 Å². The Kier molecular flexibility index (Phi) is 3.62. The van der Waals surface area contributed by atoms with Crippen molar-refractivity contribution in [1.29, 1.82) is 0 Å². The highest BCUT2D eigenvalue weighted by Crippen LogP contribution is 2.47. The average molecular weight is 337 g/mol. The summed E-state index contributed by atoms with van der Waals surface area (Å²) in [6.45, 7) is 1.53. The van der Waals surface area contributed by atoms with E-state index >= 15 is 0 Å². The molecular weight excluding hydrogens is 323 g/mol. The Morgan fingerprint density at radius 3 is 2.50 bits per heavy atom. The minimum Gasteiger partial charge on any atom is -0.447 e. The summed E-state index contributed by atoms with van der Waals surface area (Å²) in [6, 6.07) is 19.9. The van der Waals surface area contributed by atoms with Gasteiger partial charge < -0.3 is 4.74 Å². The Labute approximate surface area is 142 Å². The quantitative estimate of drug-likeness (QED) is 0.370. The molecule has 0 radical (unpaired) electrons. The van der Waals surface area contributed by atoms with Crippen LogP contribution in [0.25, 0.3) is 0 Å². The SMILES string of the molecule is CC(=O)c1ccc2c(c1)Oc1ccccc1[S+]2c1cccc(F)c1. The molecule has 0 spiro atoms. The van der Waals surface area contributed by atoms with Gasteiger partial charge in [-0.1, -0.05) is 18.2 Å². The number of ether oxygens (including phenoxy) is 1. The Morgan fingerprint density at radius 1 is 0.917 bits per heavy atom.